The van der Waals surface area contributed by atoms with E-state index in [1.807, 2.05) is 0 Å². The summed E-state index contributed by atoms with van der Waals surface area (Å²) in [5, 5.41) is 4.11. The SMILES string of the molecule is C=C1C=C(N2CCC3(CC2)CC(=C)C(Cc2ccccc2)c2cccc(Cl)c23)NC(=O)C2=C1CCCC2. The van der Waals surface area contributed by atoms with Crippen molar-refractivity contribution in [2.24, 2.45) is 0 Å². The van der Waals surface area contributed by atoms with E-state index in [2.05, 4.69) is 78.0 Å². The molecule has 0 radical (unpaired) electrons. The Bertz CT molecular complexity index is 1330. The standard InChI is InChI=1S/C33H35ClN2O/c1-22-19-30(35-32(37)27-12-7-6-11-25(22)27)36-17-15-33(16-18-36)21-23(2)28(20-24-9-4-3-5-10-24)26-13-8-14-29(34)31(26)33/h3-5,8-10,13-14,19,28H,1-2,6-7,11-12,15-18,20-21H2,(H,35,37). The Morgan fingerprint density at radius 1 is 0.973 bits per heavy atom. The van der Waals surface area contributed by atoms with Gasteiger partial charge in [0, 0.05) is 35.0 Å². The molecule has 2 heterocycles. The molecule has 1 spiro atoms. The van der Waals surface area contributed by atoms with E-state index in [0.717, 1.165) is 92.0 Å². The van der Waals surface area contributed by atoms with Crippen molar-refractivity contribution in [1.29, 1.82) is 0 Å². The molecule has 0 saturated carbocycles. The van der Waals surface area contributed by atoms with E-state index in [9.17, 15) is 4.79 Å². The third kappa shape index (κ3) is 4.38. The first-order valence-corrected chi connectivity index (χ1v) is 14.0. The Balaban J connectivity index is 1.26. The zero-order valence-electron chi connectivity index (χ0n) is 21.5. The van der Waals surface area contributed by atoms with Crippen LogP contribution in [0.1, 0.15) is 67.6 Å². The molecule has 4 heteroatoms. The first-order valence-electron chi connectivity index (χ1n) is 13.6. The van der Waals surface area contributed by atoms with Crippen molar-refractivity contribution in [2.45, 2.75) is 62.7 Å². The van der Waals surface area contributed by atoms with Crippen molar-refractivity contribution >= 4 is 17.5 Å². The number of hydrogen-bond acceptors (Lipinski definition) is 2. The lowest BCUT2D eigenvalue weighted by Crippen LogP contribution is -2.47. The van der Waals surface area contributed by atoms with Crippen LogP contribution in [0.2, 0.25) is 5.02 Å². The quantitative estimate of drug-likeness (QED) is 0.437. The second kappa shape index (κ2) is 9.68. The third-order valence-electron chi connectivity index (χ3n) is 9.04. The van der Waals surface area contributed by atoms with Crippen LogP contribution >= 0.6 is 11.6 Å². The topological polar surface area (TPSA) is 32.3 Å². The van der Waals surface area contributed by atoms with E-state index in [1.165, 1.54) is 22.3 Å². The molecular weight excluding hydrogens is 476 g/mol. The van der Waals surface area contributed by atoms with Crippen LogP contribution in [0.4, 0.5) is 0 Å². The van der Waals surface area contributed by atoms with Crippen LogP contribution in [0.15, 0.2) is 95.9 Å². The lowest BCUT2D eigenvalue weighted by atomic mass is 9.60. The average molecular weight is 511 g/mol. The molecule has 1 saturated heterocycles. The highest BCUT2D eigenvalue weighted by atomic mass is 35.5. The molecule has 6 rings (SSSR count). The summed E-state index contributed by atoms with van der Waals surface area (Å²) in [6.45, 7) is 10.7. The molecule has 2 aromatic rings. The van der Waals surface area contributed by atoms with Gasteiger partial charge >= 0.3 is 0 Å². The molecule has 4 aliphatic rings. The van der Waals surface area contributed by atoms with E-state index in [4.69, 9.17) is 11.6 Å². The van der Waals surface area contributed by atoms with E-state index >= 15 is 0 Å². The van der Waals surface area contributed by atoms with Crippen molar-refractivity contribution in [2.75, 3.05) is 13.1 Å². The minimum atomic E-state index is -0.0156. The van der Waals surface area contributed by atoms with Gasteiger partial charge in [-0.15, -0.1) is 0 Å². The number of fused-ring (bicyclic) bond motifs is 2. The normalized spacial score (nSPS) is 23.3. The molecule has 1 unspecified atom stereocenters. The largest absolute Gasteiger partial charge is 0.358 e. The summed E-state index contributed by atoms with van der Waals surface area (Å²) in [7, 11) is 0. The maximum atomic E-state index is 13.1. The molecule has 1 amide bonds. The van der Waals surface area contributed by atoms with Crippen molar-refractivity contribution in [1.82, 2.24) is 10.2 Å². The molecule has 37 heavy (non-hydrogen) atoms. The van der Waals surface area contributed by atoms with E-state index in [1.54, 1.807) is 0 Å². The molecule has 1 atom stereocenters. The summed E-state index contributed by atoms with van der Waals surface area (Å²) in [5.41, 5.74) is 8.37. The van der Waals surface area contributed by atoms with E-state index in [0.29, 0.717) is 0 Å². The predicted molar refractivity (Wildman–Crippen MR) is 151 cm³/mol. The van der Waals surface area contributed by atoms with Crippen molar-refractivity contribution in [3.8, 4) is 0 Å². The van der Waals surface area contributed by atoms with Crippen molar-refractivity contribution in [3.63, 3.8) is 0 Å². The monoisotopic (exact) mass is 510 g/mol. The van der Waals surface area contributed by atoms with Crippen LogP contribution in [0.5, 0.6) is 0 Å². The second-order valence-electron chi connectivity index (χ2n) is 11.2. The van der Waals surface area contributed by atoms with Gasteiger partial charge in [-0.25, -0.2) is 0 Å². The number of piperidine rings is 1. The van der Waals surface area contributed by atoms with Gasteiger partial charge in [-0.2, -0.15) is 0 Å². The Morgan fingerprint density at radius 3 is 2.46 bits per heavy atom. The van der Waals surface area contributed by atoms with E-state index in [-0.39, 0.29) is 17.2 Å². The molecule has 1 N–H and O–H groups in total. The number of amides is 1. The van der Waals surface area contributed by atoms with Crippen LogP contribution in [0.25, 0.3) is 0 Å². The Labute approximate surface area is 225 Å². The molecule has 2 aliphatic heterocycles. The number of allylic oxidation sites excluding steroid dienone is 4. The van der Waals surface area contributed by atoms with Gasteiger partial charge in [0.1, 0.15) is 5.82 Å². The highest BCUT2D eigenvalue weighted by Crippen LogP contribution is 2.53. The number of benzene rings is 2. The van der Waals surface area contributed by atoms with Gasteiger partial charge in [0.05, 0.1) is 0 Å². The van der Waals surface area contributed by atoms with Crippen molar-refractivity contribution in [3.05, 3.63) is 118 Å². The van der Waals surface area contributed by atoms with Crippen LogP contribution in [0.3, 0.4) is 0 Å². The van der Waals surface area contributed by atoms with Gasteiger partial charge in [-0.3, -0.25) is 4.79 Å². The van der Waals surface area contributed by atoms with Crippen molar-refractivity contribution < 1.29 is 4.79 Å². The van der Waals surface area contributed by atoms with E-state index < -0.39 is 0 Å². The minimum Gasteiger partial charge on any atom is -0.358 e. The smallest absolute Gasteiger partial charge is 0.252 e. The molecular formula is C33H35ClN2O. The average Bonchev–Trinajstić information content (AvgIpc) is 3.03. The lowest BCUT2D eigenvalue weighted by Gasteiger charge is -2.49. The first-order chi connectivity index (χ1) is 17.9. The molecule has 190 valence electrons. The second-order valence-corrected chi connectivity index (χ2v) is 11.6. The number of carbonyl (C=O) groups excluding carboxylic acids is 1. The van der Waals surface area contributed by atoms with Gasteiger partial charge in [0.2, 0.25) is 0 Å². The maximum absolute atomic E-state index is 13.1. The number of nitrogens with one attached hydrogen (secondary N) is 1. The zero-order valence-corrected chi connectivity index (χ0v) is 22.2. The number of likely N-dealkylation sites (tertiary alicyclic amines) is 1. The van der Waals surface area contributed by atoms with Gasteiger partial charge in [-0.05, 0) is 91.3 Å². The molecule has 2 aliphatic carbocycles. The number of nitrogens with zero attached hydrogens (tertiary/aromatic N) is 1. The van der Waals surface area contributed by atoms with Crippen LogP contribution in [0, 0.1) is 0 Å². The molecule has 1 fully saturated rings. The highest BCUT2D eigenvalue weighted by molar-refractivity contribution is 6.31. The molecule has 2 aromatic carbocycles. The van der Waals surface area contributed by atoms with Gasteiger partial charge < -0.3 is 10.2 Å². The number of hydrogen-bond donors (Lipinski definition) is 1. The highest BCUT2D eigenvalue weighted by Gasteiger charge is 2.45. The van der Waals surface area contributed by atoms with Gasteiger partial charge in [-0.1, -0.05) is 72.8 Å². The Morgan fingerprint density at radius 2 is 1.70 bits per heavy atom. The fourth-order valence-corrected chi connectivity index (χ4v) is 7.51. The minimum absolute atomic E-state index is 0.0156. The number of halogens is 1. The third-order valence-corrected chi connectivity index (χ3v) is 9.35. The predicted octanol–water partition coefficient (Wildman–Crippen LogP) is 7.36. The summed E-state index contributed by atoms with van der Waals surface area (Å²) in [4.78, 5) is 15.4. The molecule has 0 bridgehead atoms. The fraction of sp³-hybridized carbons (Fsp3) is 0.364. The maximum Gasteiger partial charge on any atom is 0.252 e. The summed E-state index contributed by atoms with van der Waals surface area (Å²) < 4.78 is 0. The van der Waals surface area contributed by atoms with Gasteiger partial charge in [0.25, 0.3) is 5.91 Å². The summed E-state index contributed by atoms with van der Waals surface area (Å²) in [6, 6.07) is 17.1. The van der Waals surface area contributed by atoms with Gasteiger partial charge in [0.15, 0.2) is 0 Å². The van der Waals surface area contributed by atoms with Crippen LogP contribution in [-0.4, -0.2) is 23.9 Å². The number of rotatable bonds is 3. The van der Waals surface area contributed by atoms with Crippen LogP contribution in [-0.2, 0) is 16.6 Å². The Kier molecular flexibility index (Phi) is 6.36. The zero-order chi connectivity index (χ0) is 25.6. The number of carbonyl (C=O) groups is 1. The summed E-state index contributed by atoms with van der Waals surface area (Å²) >= 11 is 6.97. The first kappa shape index (κ1) is 24.3. The molecule has 0 aromatic heterocycles. The Hall–Kier alpha value is -3.04. The lowest BCUT2D eigenvalue weighted by molar-refractivity contribution is -0.117. The van der Waals surface area contributed by atoms with Crippen LogP contribution < -0.4 is 5.32 Å². The summed E-state index contributed by atoms with van der Waals surface area (Å²) in [6.07, 6.45) is 9.99. The fourth-order valence-electron chi connectivity index (χ4n) is 7.12. The summed E-state index contributed by atoms with van der Waals surface area (Å²) in [5.74, 6) is 1.24. The molecule has 3 nitrogen and oxygen atoms in total.